The molecule has 7 heteroatoms. The molecule has 2 aromatic carbocycles. The fourth-order valence-corrected chi connectivity index (χ4v) is 3.89. The molecule has 0 unspecified atom stereocenters. The maximum absolute atomic E-state index is 13.4. The van der Waals surface area contributed by atoms with Gasteiger partial charge in [0.15, 0.2) is 0 Å². The Kier molecular flexibility index (Phi) is 5.93. The van der Waals surface area contributed by atoms with Gasteiger partial charge in [-0.05, 0) is 37.8 Å². The molecule has 0 saturated heterocycles. The zero-order valence-electron chi connectivity index (χ0n) is 17.2. The SMILES string of the molecule is CCNC(=O)NC(=O)[C@@H](OC(=O)c1c2c(nc3ccccc13)CCC2)c1ccccc1. The average molecular weight is 417 g/mol. The van der Waals surface area contributed by atoms with E-state index in [1.54, 1.807) is 37.3 Å². The van der Waals surface area contributed by atoms with Crippen LogP contribution in [0.2, 0.25) is 0 Å². The van der Waals surface area contributed by atoms with E-state index in [9.17, 15) is 14.4 Å². The summed E-state index contributed by atoms with van der Waals surface area (Å²) in [4.78, 5) is 42.8. The molecule has 0 spiro atoms. The van der Waals surface area contributed by atoms with Crippen molar-refractivity contribution in [3.05, 3.63) is 77.0 Å². The number of carbonyl (C=O) groups is 3. The van der Waals surface area contributed by atoms with E-state index in [0.717, 1.165) is 36.0 Å². The van der Waals surface area contributed by atoms with Crippen molar-refractivity contribution in [1.82, 2.24) is 15.6 Å². The minimum atomic E-state index is -1.26. The van der Waals surface area contributed by atoms with E-state index in [0.29, 0.717) is 23.1 Å². The summed E-state index contributed by atoms with van der Waals surface area (Å²) in [7, 11) is 0. The minimum Gasteiger partial charge on any atom is -0.444 e. The zero-order valence-corrected chi connectivity index (χ0v) is 17.2. The molecule has 7 nitrogen and oxygen atoms in total. The molecule has 2 N–H and O–H groups in total. The van der Waals surface area contributed by atoms with Crippen LogP contribution in [0.1, 0.15) is 46.6 Å². The van der Waals surface area contributed by atoms with Gasteiger partial charge in [0.2, 0.25) is 6.10 Å². The molecular formula is C24H23N3O4. The van der Waals surface area contributed by atoms with E-state index in [4.69, 9.17) is 9.72 Å². The molecule has 0 fully saturated rings. The van der Waals surface area contributed by atoms with Crippen LogP contribution >= 0.6 is 0 Å². The number of fused-ring (bicyclic) bond motifs is 2. The van der Waals surface area contributed by atoms with Crippen LogP contribution in [0.3, 0.4) is 0 Å². The molecule has 3 aromatic rings. The third kappa shape index (κ3) is 4.26. The second kappa shape index (κ2) is 8.95. The maximum Gasteiger partial charge on any atom is 0.340 e. The van der Waals surface area contributed by atoms with Gasteiger partial charge in [0, 0.05) is 23.2 Å². The average Bonchev–Trinajstić information content (AvgIpc) is 3.24. The van der Waals surface area contributed by atoms with Crippen LogP contribution in [-0.4, -0.2) is 29.4 Å². The summed E-state index contributed by atoms with van der Waals surface area (Å²) >= 11 is 0. The van der Waals surface area contributed by atoms with Crippen molar-refractivity contribution in [1.29, 1.82) is 0 Å². The van der Waals surface area contributed by atoms with E-state index < -0.39 is 24.0 Å². The summed E-state index contributed by atoms with van der Waals surface area (Å²) in [6.45, 7) is 2.11. The molecule has 0 bridgehead atoms. The second-order valence-electron chi connectivity index (χ2n) is 7.33. The van der Waals surface area contributed by atoms with Gasteiger partial charge >= 0.3 is 12.0 Å². The van der Waals surface area contributed by atoms with Crippen LogP contribution in [0.5, 0.6) is 0 Å². The van der Waals surface area contributed by atoms with Crippen molar-refractivity contribution in [3.63, 3.8) is 0 Å². The van der Waals surface area contributed by atoms with Crippen molar-refractivity contribution in [3.8, 4) is 0 Å². The number of aryl methyl sites for hydroxylation is 1. The normalized spacial score (nSPS) is 13.3. The van der Waals surface area contributed by atoms with Crippen LogP contribution in [0.25, 0.3) is 10.9 Å². The Hall–Kier alpha value is -3.74. The van der Waals surface area contributed by atoms with Gasteiger partial charge in [-0.15, -0.1) is 0 Å². The maximum atomic E-state index is 13.4. The molecule has 1 aliphatic carbocycles. The third-order valence-corrected chi connectivity index (χ3v) is 5.26. The van der Waals surface area contributed by atoms with Gasteiger partial charge in [0.05, 0.1) is 11.1 Å². The van der Waals surface area contributed by atoms with Crippen molar-refractivity contribution in [2.24, 2.45) is 0 Å². The van der Waals surface area contributed by atoms with Gasteiger partial charge in [0.25, 0.3) is 5.91 Å². The molecular weight excluding hydrogens is 394 g/mol. The first-order chi connectivity index (χ1) is 15.1. The van der Waals surface area contributed by atoms with E-state index in [1.165, 1.54) is 0 Å². The number of carbonyl (C=O) groups excluding carboxylic acids is 3. The van der Waals surface area contributed by atoms with Crippen LogP contribution < -0.4 is 10.6 Å². The summed E-state index contributed by atoms with van der Waals surface area (Å²) in [5, 5.41) is 5.45. The quantitative estimate of drug-likeness (QED) is 0.620. The number of hydrogen-bond acceptors (Lipinski definition) is 5. The van der Waals surface area contributed by atoms with Crippen LogP contribution in [0, 0.1) is 0 Å². The van der Waals surface area contributed by atoms with Gasteiger partial charge in [-0.2, -0.15) is 0 Å². The predicted molar refractivity (Wildman–Crippen MR) is 116 cm³/mol. The van der Waals surface area contributed by atoms with Crippen LogP contribution in [-0.2, 0) is 22.4 Å². The molecule has 1 aliphatic rings. The standard InChI is InChI=1S/C24H23N3O4/c1-2-25-24(30)27-22(28)21(15-9-4-3-5-10-15)31-23(29)20-16-11-6-7-13-18(16)26-19-14-8-12-17(19)20/h3-7,9-11,13,21H,2,8,12,14H2,1H3,(H2,25,27,28,30)/t21-/m0/s1. The summed E-state index contributed by atoms with van der Waals surface area (Å²) in [6, 6.07) is 15.4. The summed E-state index contributed by atoms with van der Waals surface area (Å²) < 4.78 is 5.74. The van der Waals surface area contributed by atoms with Gasteiger partial charge in [-0.3, -0.25) is 15.1 Å². The smallest absolute Gasteiger partial charge is 0.340 e. The number of esters is 1. The lowest BCUT2D eigenvalue weighted by atomic mass is 10.0. The summed E-state index contributed by atoms with van der Waals surface area (Å²) in [5.74, 6) is -1.31. The number of benzene rings is 2. The van der Waals surface area contributed by atoms with E-state index in [1.807, 2.05) is 24.3 Å². The zero-order chi connectivity index (χ0) is 21.8. The lowest BCUT2D eigenvalue weighted by Crippen LogP contribution is -2.42. The topological polar surface area (TPSA) is 97.4 Å². The van der Waals surface area contributed by atoms with E-state index in [2.05, 4.69) is 10.6 Å². The van der Waals surface area contributed by atoms with Gasteiger partial charge in [-0.25, -0.2) is 9.59 Å². The monoisotopic (exact) mass is 417 g/mol. The fourth-order valence-electron chi connectivity index (χ4n) is 3.89. The molecule has 0 saturated carbocycles. The number of para-hydroxylation sites is 1. The summed E-state index contributed by atoms with van der Waals surface area (Å²) in [5.41, 5.74) is 3.42. The first kappa shape index (κ1) is 20.5. The number of nitrogens with zero attached hydrogens (tertiary/aromatic N) is 1. The van der Waals surface area contributed by atoms with Gasteiger partial charge < -0.3 is 10.1 Å². The number of nitrogens with one attached hydrogen (secondary N) is 2. The Morgan fingerprint density at radius 1 is 1.03 bits per heavy atom. The molecule has 3 amide bonds. The number of ether oxygens (including phenoxy) is 1. The van der Waals surface area contributed by atoms with Crippen molar-refractivity contribution in [2.75, 3.05) is 6.54 Å². The fraction of sp³-hybridized carbons (Fsp3) is 0.250. The van der Waals surface area contributed by atoms with Crippen molar-refractivity contribution in [2.45, 2.75) is 32.3 Å². The van der Waals surface area contributed by atoms with E-state index in [-0.39, 0.29) is 0 Å². The number of hydrogen-bond donors (Lipinski definition) is 2. The lowest BCUT2D eigenvalue weighted by Gasteiger charge is -2.19. The first-order valence-electron chi connectivity index (χ1n) is 10.3. The minimum absolute atomic E-state index is 0.365. The number of rotatable bonds is 5. The molecule has 1 atom stereocenters. The number of imide groups is 1. The predicted octanol–water partition coefficient (Wildman–Crippen LogP) is 3.47. The highest BCUT2D eigenvalue weighted by atomic mass is 16.5. The number of urea groups is 1. The molecule has 1 aromatic heterocycles. The van der Waals surface area contributed by atoms with E-state index >= 15 is 0 Å². The van der Waals surface area contributed by atoms with Crippen LogP contribution in [0.4, 0.5) is 4.79 Å². The highest BCUT2D eigenvalue weighted by molar-refractivity contribution is 6.06. The lowest BCUT2D eigenvalue weighted by molar-refractivity contribution is -0.129. The Morgan fingerprint density at radius 3 is 2.55 bits per heavy atom. The molecule has 1 heterocycles. The number of pyridine rings is 1. The molecule has 4 rings (SSSR count). The Bertz CT molecular complexity index is 1140. The van der Waals surface area contributed by atoms with Crippen molar-refractivity contribution >= 4 is 28.8 Å². The second-order valence-corrected chi connectivity index (χ2v) is 7.33. The molecule has 31 heavy (non-hydrogen) atoms. The van der Waals surface area contributed by atoms with Gasteiger partial charge in [-0.1, -0.05) is 48.5 Å². The highest BCUT2D eigenvalue weighted by Crippen LogP contribution is 2.32. The molecule has 158 valence electrons. The largest absolute Gasteiger partial charge is 0.444 e. The molecule has 0 radical (unpaired) electrons. The third-order valence-electron chi connectivity index (χ3n) is 5.26. The molecule has 0 aliphatic heterocycles. The van der Waals surface area contributed by atoms with Crippen molar-refractivity contribution < 1.29 is 19.1 Å². The highest BCUT2D eigenvalue weighted by Gasteiger charge is 2.30. The number of aromatic nitrogens is 1. The Balaban J connectivity index is 1.70. The summed E-state index contributed by atoms with van der Waals surface area (Å²) in [6.07, 6.45) is 1.19. The number of amides is 3. The first-order valence-corrected chi connectivity index (χ1v) is 10.3. The van der Waals surface area contributed by atoms with Crippen LogP contribution in [0.15, 0.2) is 54.6 Å². The Labute approximate surface area is 179 Å². The van der Waals surface area contributed by atoms with Gasteiger partial charge in [0.1, 0.15) is 0 Å². The Morgan fingerprint density at radius 2 is 1.77 bits per heavy atom.